The minimum absolute atomic E-state index is 0.0794. The van der Waals surface area contributed by atoms with Gasteiger partial charge in [0.2, 0.25) is 5.91 Å². The zero-order chi connectivity index (χ0) is 16.7. The van der Waals surface area contributed by atoms with Gasteiger partial charge in [-0.05, 0) is 19.1 Å². The van der Waals surface area contributed by atoms with Crippen LogP contribution >= 0.6 is 0 Å². The minimum Gasteiger partial charge on any atom is -0.495 e. The topological polar surface area (TPSA) is 84.4 Å². The molecule has 0 saturated carbocycles. The molecule has 7 nitrogen and oxygen atoms in total. The Labute approximate surface area is 134 Å². The smallest absolute Gasteiger partial charge is 0.274 e. The van der Waals surface area contributed by atoms with Crippen molar-refractivity contribution >= 4 is 17.5 Å². The predicted octanol–water partition coefficient (Wildman–Crippen LogP) is 1.59. The van der Waals surface area contributed by atoms with E-state index in [0.29, 0.717) is 18.0 Å². The summed E-state index contributed by atoms with van der Waals surface area (Å²) in [7, 11) is 1.53. The van der Waals surface area contributed by atoms with E-state index in [1.807, 2.05) is 6.07 Å². The average Bonchev–Trinajstić information content (AvgIpc) is 2.60. The van der Waals surface area contributed by atoms with Gasteiger partial charge in [0.25, 0.3) is 5.91 Å². The number of carbonyl (C=O) groups is 2. The summed E-state index contributed by atoms with van der Waals surface area (Å²) in [6, 6.07) is 7.08. The number of hydrogen-bond donors (Lipinski definition) is 1. The second-order valence-corrected chi connectivity index (χ2v) is 4.66. The maximum Gasteiger partial charge on any atom is 0.274 e. The van der Waals surface area contributed by atoms with Gasteiger partial charge in [0.05, 0.1) is 19.0 Å². The zero-order valence-electron chi connectivity index (χ0n) is 13.0. The van der Waals surface area contributed by atoms with Crippen LogP contribution in [0.5, 0.6) is 5.75 Å². The van der Waals surface area contributed by atoms with Gasteiger partial charge in [-0.3, -0.25) is 14.6 Å². The molecule has 1 N–H and O–H groups in total. The number of nitrogens with one attached hydrogen (secondary N) is 1. The highest BCUT2D eigenvalue weighted by Gasteiger charge is 2.19. The summed E-state index contributed by atoms with van der Waals surface area (Å²) in [4.78, 5) is 33.7. The molecule has 7 heteroatoms. The summed E-state index contributed by atoms with van der Waals surface area (Å²) in [6.07, 6.45) is 4.31. The minimum atomic E-state index is -0.337. The molecule has 0 unspecified atom stereocenters. The molecule has 2 rings (SSSR count). The second-order valence-electron chi connectivity index (χ2n) is 4.66. The third-order valence-corrected chi connectivity index (χ3v) is 3.17. The van der Waals surface area contributed by atoms with Gasteiger partial charge < -0.3 is 15.0 Å². The lowest BCUT2D eigenvalue weighted by atomic mass is 10.3. The van der Waals surface area contributed by atoms with Crippen molar-refractivity contribution in [1.29, 1.82) is 0 Å². The van der Waals surface area contributed by atoms with Crippen molar-refractivity contribution in [1.82, 2.24) is 14.9 Å². The van der Waals surface area contributed by atoms with Crippen molar-refractivity contribution in [3.63, 3.8) is 0 Å². The van der Waals surface area contributed by atoms with Gasteiger partial charge in [0.1, 0.15) is 18.0 Å². The molecule has 0 fully saturated rings. The molecule has 0 aliphatic carbocycles. The number of likely N-dealkylation sites (N-methyl/N-ethyl adjacent to an activating group) is 1. The lowest BCUT2D eigenvalue weighted by Gasteiger charge is -2.20. The van der Waals surface area contributed by atoms with E-state index in [4.69, 9.17) is 4.74 Å². The first-order chi connectivity index (χ1) is 11.2. The van der Waals surface area contributed by atoms with Gasteiger partial charge in [0.15, 0.2) is 0 Å². The Morgan fingerprint density at radius 2 is 2.04 bits per heavy atom. The highest BCUT2D eigenvalue weighted by molar-refractivity contribution is 5.98. The van der Waals surface area contributed by atoms with E-state index in [9.17, 15) is 9.59 Å². The summed E-state index contributed by atoms with van der Waals surface area (Å²) < 4.78 is 5.18. The van der Waals surface area contributed by atoms with Crippen LogP contribution in [0, 0.1) is 0 Å². The van der Waals surface area contributed by atoms with Crippen LogP contribution in [0.25, 0.3) is 0 Å². The fraction of sp³-hybridized carbons (Fsp3) is 0.250. The molecule has 0 aliphatic heterocycles. The first-order valence-corrected chi connectivity index (χ1v) is 7.13. The molecule has 2 aromatic rings. The molecular formula is C16H18N4O3. The Morgan fingerprint density at radius 1 is 1.26 bits per heavy atom. The Morgan fingerprint density at radius 3 is 2.70 bits per heavy atom. The van der Waals surface area contributed by atoms with E-state index < -0.39 is 0 Å². The van der Waals surface area contributed by atoms with E-state index in [1.165, 1.54) is 30.6 Å². The quantitative estimate of drug-likeness (QED) is 0.875. The van der Waals surface area contributed by atoms with Crippen molar-refractivity contribution in [2.24, 2.45) is 0 Å². The Balaban J connectivity index is 2.04. The van der Waals surface area contributed by atoms with Crippen LogP contribution in [0.3, 0.4) is 0 Å². The summed E-state index contributed by atoms with van der Waals surface area (Å²) in [6.45, 7) is 2.10. The molecule has 0 spiro atoms. The van der Waals surface area contributed by atoms with Crippen LogP contribution in [0.15, 0.2) is 42.9 Å². The summed E-state index contributed by atoms with van der Waals surface area (Å²) in [5.74, 6) is -0.0893. The molecule has 0 saturated heterocycles. The third-order valence-electron chi connectivity index (χ3n) is 3.17. The van der Waals surface area contributed by atoms with Gasteiger partial charge in [0, 0.05) is 18.9 Å². The van der Waals surface area contributed by atoms with Crippen LogP contribution in [-0.2, 0) is 4.79 Å². The summed E-state index contributed by atoms with van der Waals surface area (Å²) in [5.41, 5.74) is 0.766. The number of ether oxygens (including phenoxy) is 1. The predicted molar refractivity (Wildman–Crippen MR) is 85.2 cm³/mol. The summed E-state index contributed by atoms with van der Waals surface area (Å²) >= 11 is 0. The number of aromatic nitrogens is 2. The van der Waals surface area contributed by atoms with E-state index >= 15 is 0 Å². The number of nitrogens with zero attached hydrogens (tertiary/aromatic N) is 3. The fourth-order valence-electron chi connectivity index (χ4n) is 2.01. The van der Waals surface area contributed by atoms with Crippen molar-refractivity contribution in [2.45, 2.75) is 6.92 Å². The molecule has 1 aromatic heterocycles. The van der Waals surface area contributed by atoms with E-state index in [-0.39, 0.29) is 24.1 Å². The van der Waals surface area contributed by atoms with Crippen LogP contribution in [0.4, 0.5) is 5.69 Å². The average molecular weight is 314 g/mol. The number of benzene rings is 1. The fourth-order valence-corrected chi connectivity index (χ4v) is 2.01. The largest absolute Gasteiger partial charge is 0.495 e. The lowest BCUT2D eigenvalue weighted by Crippen LogP contribution is -2.38. The molecule has 1 aromatic carbocycles. The first-order valence-electron chi connectivity index (χ1n) is 7.13. The number of para-hydroxylation sites is 2. The maximum absolute atomic E-state index is 12.3. The Bertz CT molecular complexity index is 676. The number of carbonyl (C=O) groups excluding carboxylic acids is 2. The molecule has 0 atom stereocenters. The van der Waals surface area contributed by atoms with Gasteiger partial charge in [-0.1, -0.05) is 12.1 Å². The van der Waals surface area contributed by atoms with E-state index in [0.717, 1.165) is 0 Å². The molecular weight excluding hydrogens is 296 g/mol. The standard InChI is InChI=1S/C16H18N4O3/c1-3-20(16(22)13-10-17-8-9-18-13)11-15(21)19-12-6-4-5-7-14(12)23-2/h4-10H,3,11H2,1-2H3,(H,19,21). The van der Waals surface area contributed by atoms with Gasteiger partial charge >= 0.3 is 0 Å². The molecule has 0 radical (unpaired) electrons. The Hall–Kier alpha value is -2.96. The number of amides is 2. The number of rotatable bonds is 6. The highest BCUT2D eigenvalue weighted by atomic mass is 16.5. The molecule has 120 valence electrons. The van der Waals surface area contributed by atoms with E-state index in [1.54, 1.807) is 25.1 Å². The molecule has 0 bridgehead atoms. The van der Waals surface area contributed by atoms with Crippen LogP contribution in [-0.4, -0.2) is 46.9 Å². The number of anilines is 1. The van der Waals surface area contributed by atoms with Gasteiger partial charge in [-0.25, -0.2) is 4.98 Å². The summed E-state index contributed by atoms with van der Waals surface area (Å²) in [5, 5.41) is 2.74. The van der Waals surface area contributed by atoms with Gasteiger partial charge in [-0.15, -0.1) is 0 Å². The van der Waals surface area contributed by atoms with Crippen LogP contribution < -0.4 is 10.1 Å². The normalized spacial score (nSPS) is 10.0. The maximum atomic E-state index is 12.3. The Kier molecular flexibility index (Phi) is 5.62. The lowest BCUT2D eigenvalue weighted by molar-refractivity contribution is -0.116. The van der Waals surface area contributed by atoms with E-state index in [2.05, 4.69) is 15.3 Å². The van der Waals surface area contributed by atoms with Crippen molar-refractivity contribution in [2.75, 3.05) is 25.5 Å². The molecule has 2 amide bonds. The molecule has 1 heterocycles. The highest BCUT2D eigenvalue weighted by Crippen LogP contribution is 2.22. The van der Waals surface area contributed by atoms with Crippen LogP contribution in [0.2, 0.25) is 0 Å². The third kappa shape index (κ3) is 4.26. The molecule has 0 aliphatic rings. The molecule has 23 heavy (non-hydrogen) atoms. The monoisotopic (exact) mass is 314 g/mol. The zero-order valence-corrected chi connectivity index (χ0v) is 13.0. The SMILES string of the molecule is CCN(CC(=O)Nc1ccccc1OC)C(=O)c1cnccn1. The van der Waals surface area contributed by atoms with Crippen molar-refractivity contribution in [3.05, 3.63) is 48.5 Å². The van der Waals surface area contributed by atoms with Gasteiger partial charge in [-0.2, -0.15) is 0 Å². The number of hydrogen-bond acceptors (Lipinski definition) is 5. The number of methoxy groups -OCH3 is 1. The second kappa shape index (κ2) is 7.88. The van der Waals surface area contributed by atoms with Crippen molar-refractivity contribution < 1.29 is 14.3 Å². The first kappa shape index (κ1) is 16.4. The van der Waals surface area contributed by atoms with Crippen LogP contribution in [0.1, 0.15) is 17.4 Å². The van der Waals surface area contributed by atoms with Crippen molar-refractivity contribution in [3.8, 4) is 5.75 Å².